The molecule has 0 saturated carbocycles. The van der Waals surface area contributed by atoms with E-state index in [9.17, 15) is 14.4 Å². The highest BCUT2D eigenvalue weighted by Gasteiger charge is 2.19. The zero-order chi connectivity index (χ0) is 41.2. The van der Waals surface area contributed by atoms with Gasteiger partial charge in [-0.1, -0.05) is 234 Å². The van der Waals surface area contributed by atoms with Gasteiger partial charge in [0.15, 0.2) is 6.10 Å². The second-order valence-corrected chi connectivity index (χ2v) is 18.1. The first-order chi connectivity index (χ1) is 27.2. The van der Waals surface area contributed by atoms with Crippen molar-refractivity contribution in [1.29, 1.82) is 0 Å². The molecule has 0 radical (unpaired) electrons. The van der Waals surface area contributed by atoms with Gasteiger partial charge < -0.3 is 14.2 Å². The molecular weight excluding hydrogens is 697 g/mol. The predicted octanol–water partition coefficient (Wildman–Crippen LogP) is 15.8. The van der Waals surface area contributed by atoms with E-state index in [0.29, 0.717) is 19.3 Å². The van der Waals surface area contributed by atoms with Crippen molar-refractivity contribution in [2.45, 2.75) is 278 Å². The second kappa shape index (κ2) is 43.0. The molecule has 0 saturated heterocycles. The van der Waals surface area contributed by atoms with Crippen molar-refractivity contribution in [3.05, 3.63) is 0 Å². The monoisotopic (exact) mass is 793 g/mol. The molecule has 6 nitrogen and oxygen atoms in total. The van der Waals surface area contributed by atoms with E-state index in [1.807, 2.05) is 0 Å². The van der Waals surface area contributed by atoms with Crippen LogP contribution in [0.4, 0.5) is 0 Å². The van der Waals surface area contributed by atoms with E-state index < -0.39 is 6.10 Å². The number of esters is 3. The van der Waals surface area contributed by atoms with Crippen LogP contribution >= 0.6 is 0 Å². The number of carbonyl (C=O) groups is 3. The highest BCUT2D eigenvalue weighted by Crippen LogP contribution is 2.17. The third-order valence-electron chi connectivity index (χ3n) is 11.2. The summed E-state index contributed by atoms with van der Waals surface area (Å²) in [7, 11) is 0. The van der Waals surface area contributed by atoms with Crippen molar-refractivity contribution < 1.29 is 28.6 Å². The van der Waals surface area contributed by atoms with Crippen molar-refractivity contribution in [1.82, 2.24) is 0 Å². The summed E-state index contributed by atoms with van der Waals surface area (Å²) in [5, 5.41) is 0. The van der Waals surface area contributed by atoms with Crippen LogP contribution in [0, 0.1) is 11.8 Å². The standard InChI is InChI=1S/C50H96O6/c1-6-7-8-9-10-11-15-19-25-30-35-40-48(51)54-43-47(56-50(53)42-37-32-27-22-21-24-29-34-39-46(4)5)44-55-49(52)41-36-31-26-20-17-14-12-13-16-18-23-28-33-38-45(2)3/h45-47H,6-44H2,1-5H3/t47-/m1/s1. The van der Waals surface area contributed by atoms with E-state index in [4.69, 9.17) is 14.2 Å². The Balaban J connectivity index is 4.29. The summed E-state index contributed by atoms with van der Waals surface area (Å²) in [5.74, 6) is 0.779. The molecule has 0 aromatic rings. The topological polar surface area (TPSA) is 78.9 Å². The molecule has 56 heavy (non-hydrogen) atoms. The second-order valence-electron chi connectivity index (χ2n) is 18.1. The Morgan fingerprint density at radius 1 is 0.339 bits per heavy atom. The largest absolute Gasteiger partial charge is 0.462 e. The predicted molar refractivity (Wildman–Crippen MR) is 238 cm³/mol. The van der Waals surface area contributed by atoms with Crippen LogP contribution < -0.4 is 0 Å². The fourth-order valence-electron chi connectivity index (χ4n) is 7.46. The third kappa shape index (κ3) is 43.5. The molecule has 0 aromatic heterocycles. The first kappa shape index (κ1) is 54.4. The highest BCUT2D eigenvalue weighted by atomic mass is 16.6. The average molecular weight is 793 g/mol. The fourth-order valence-corrected chi connectivity index (χ4v) is 7.46. The van der Waals surface area contributed by atoms with Gasteiger partial charge in [0.2, 0.25) is 0 Å². The molecule has 0 amide bonds. The normalized spacial score (nSPS) is 12.1. The molecule has 0 fully saturated rings. The summed E-state index contributed by atoms with van der Waals surface area (Å²) < 4.78 is 16.8. The summed E-state index contributed by atoms with van der Waals surface area (Å²) in [5.41, 5.74) is 0. The van der Waals surface area contributed by atoms with Gasteiger partial charge in [0.1, 0.15) is 13.2 Å². The van der Waals surface area contributed by atoms with Crippen LogP contribution in [-0.2, 0) is 28.6 Å². The average Bonchev–Trinajstić information content (AvgIpc) is 3.16. The number of carbonyl (C=O) groups excluding carboxylic acids is 3. The third-order valence-corrected chi connectivity index (χ3v) is 11.2. The molecule has 6 heteroatoms. The van der Waals surface area contributed by atoms with E-state index >= 15 is 0 Å². The molecule has 0 rings (SSSR count). The Morgan fingerprint density at radius 3 is 0.875 bits per heavy atom. The lowest BCUT2D eigenvalue weighted by Crippen LogP contribution is -2.30. The molecule has 0 heterocycles. The highest BCUT2D eigenvalue weighted by molar-refractivity contribution is 5.71. The first-order valence-corrected chi connectivity index (χ1v) is 24.7. The van der Waals surface area contributed by atoms with Crippen LogP contribution in [0.2, 0.25) is 0 Å². The van der Waals surface area contributed by atoms with Gasteiger partial charge in [0, 0.05) is 19.3 Å². The van der Waals surface area contributed by atoms with Gasteiger partial charge in [-0.05, 0) is 31.1 Å². The fraction of sp³-hybridized carbons (Fsp3) is 0.940. The van der Waals surface area contributed by atoms with Crippen molar-refractivity contribution >= 4 is 17.9 Å². The summed E-state index contributed by atoms with van der Waals surface area (Å²) in [6.07, 6.45) is 42.3. The van der Waals surface area contributed by atoms with Gasteiger partial charge in [-0.2, -0.15) is 0 Å². The minimum Gasteiger partial charge on any atom is -0.462 e. The molecular formula is C50H96O6. The lowest BCUT2D eigenvalue weighted by Gasteiger charge is -2.18. The van der Waals surface area contributed by atoms with Crippen LogP contribution in [0.15, 0.2) is 0 Å². The van der Waals surface area contributed by atoms with Gasteiger partial charge in [0.05, 0.1) is 0 Å². The van der Waals surface area contributed by atoms with Gasteiger partial charge in [0.25, 0.3) is 0 Å². The van der Waals surface area contributed by atoms with E-state index in [0.717, 1.165) is 69.6 Å². The maximum Gasteiger partial charge on any atom is 0.306 e. The van der Waals surface area contributed by atoms with E-state index in [-0.39, 0.29) is 31.1 Å². The molecule has 0 aromatic carbocycles. The molecule has 0 N–H and O–H groups in total. The smallest absolute Gasteiger partial charge is 0.306 e. The molecule has 0 unspecified atom stereocenters. The zero-order valence-corrected chi connectivity index (χ0v) is 38.3. The Labute approximate surface area is 348 Å². The van der Waals surface area contributed by atoms with Gasteiger partial charge in [-0.3, -0.25) is 14.4 Å². The Morgan fingerprint density at radius 2 is 0.589 bits per heavy atom. The number of hydrogen-bond acceptors (Lipinski definition) is 6. The van der Waals surface area contributed by atoms with Crippen molar-refractivity contribution in [3.8, 4) is 0 Å². The number of unbranched alkanes of at least 4 members (excludes halogenated alkanes) is 29. The van der Waals surface area contributed by atoms with Crippen LogP contribution in [0.1, 0.15) is 272 Å². The van der Waals surface area contributed by atoms with E-state index in [2.05, 4.69) is 34.6 Å². The summed E-state index contributed by atoms with van der Waals surface area (Å²) >= 11 is 0. The molecule has 1 atom stereocenters. The SMILES string of the molecule is CCCCCCCCCCCCCC(=O)OC[C@H](COC(=O)CCCCCCCCCCCCCCCC(C)C)OC(=O)CCCCCCCCCCC(C)C. The van der Waals surface area contributed by atoms with Crippen LogP contribution in [-0.4, -0.2) is 37.2 Å². The number of ether oxygens (including phenoxy) is 3. The lowest BCUT2D eigenvalue weighted by molar-refractivity contribution is -0.167. The quantitative estimate of drug-likeness (QED) is 0.0347. The summed E-state index contributed by atoms with van der Waals surface area (Å²) in [6, 6.07) is 0. The molecule has 332 valence electrons. The van der Waals surface area contributed by atoms with Crippen molar-refractivity contribution in [2.75, 3.05) is 13.2 Å². The number of hydrogen-bond donors (Lipinski definition) is 0. The van der Waals surface area contributed by atoms with Crippen LogP contribution in [0.25, 0.3) is 0 Å². The lowest BCUT2D eigenvalue weighted by atomic mass is 10.0. The van der Waals surface area contributed by atoms with E-state index in [1.54, 1.807) is 0 Å². The molecule has 0 aliphatic heterocycles. The molecule has 0 aliphatic carbocycles. The Kier molecular flexibility index (Phi) is 41.8. The Hall–Kier alpha value is -1.59. The van der Waals surface area contributed by atoms with Gasteiger partial charge in [-0.15, -0.1) is 0 Å². The van der Waals surface area contributed by atoms with Crippen LogP contribution in [0.3, 0.4) is 0 Å². The van der Waals surface area contributed by atoms with Crippen molar-refractivity contribution in [2.24, 2.45) is 11.8 Å². The Bertz CT molecular complexity index is 854. The molecule has 0 bridgehead atoms. The first-order valence-electron chi connectivity index (χ1n) is 24.7. The van der Waals surface area contributed by atoms with Crippen LogP contribution in [0.5, 0.6) is 0 Å². The van der Waals surface area contributed by atoms with Crippen molar-refractivity contribution in [3.63, 3.8) is 0 Å². The minimum absolute atomic E-state index is 0.0644. The van der Waals surface area contributed by atoms with E-state index in [1.165, 1.54) is 161 Å². The molecule has 0 spiro atoms. The minimum atomic E-state index is -0.761. The summed E-state index contributed by atoms with van der Waals surface area (Å²) in [6.45, 7) is 11.3. The summed E-state index contributed by atoms with van der Waals surface area (Å²) in [4.78, 5) is 37.8. The molecule has 0 aliphatic rings. The van der Waals surface area contributed by atoms with Gasteiger partial charge >= 0.3 is 17.9 Å². The maximum atomic E-state index is 12.7. The zero-order valence-electron chi connectivity index (χ0n) is 38.3. The van der Waals surface area contributed by atoms with Gasteiger partial charge in [-0.25, -0.2) is 0 Å². The maximum absolute atomic E-state index is 12.7. The number of rotatable bonds is 44.